The summed E-state index contributed by atoms with van der Waals surface area (Å²) in [6.07, 6.45) is -1.06. The number of benzene rings is 1. The summed E-state index contributed by atoms with van der Waals surface area (Å²) >= 11 is 0. The molecule has 0 aliphatic heterocycles. The third-order valence-electron chi connectivity index (χ3n) is 4.46. The molecule has 0 radical (unpaired) electrons. The van der Waals surface area contributed by atoms with Gasteiger partial charge >= 0.3 is 12.1 Å². The number of rotatable bonds is 5. The highest BCUT2D eigenvalue weighted by molar-refractivity contribution is 5.84. The van der Waals surface area contributed by atoms with Crippen LogP contribution in [0.5, 0.6) is 0 Å². The summed E-state index contributed by atoms with van der Waals surface area (Å²) in [4.78, 5) is 11.0. The van der Waals surface area contributed by atoms with Gasteiger partial charge in [0, 0.05) is 12.0 Å². The van der Waals surface area contributed by atoms with E-state index in [9.17, 15) is 18.0 Å². The van der Waals surface area contributed by atoms with Crippen LogP contribution in [-0.2, 0) is 11.3 Å². The van der Waals surface area contributed by atoms with Crippen LogP contribution in [0.15, 0.2) is 59.0 Å². The molecule has 1 aromatic carbocycles. The molecule has 0 saturated carbocycles. The van der Waals surface area contributed by atoms with Gasteiger partial charge in [-0.15, -0.1) is 0 Å². The summed E-state index contributed by atoms with van der Waals surface area (Å²) in [5, 5.41) is 8.95. The van der Waals surface area contributed by atoms with Gasteiger partial charge in [0.25, 0.3) is 0 Å². The van der Waals surface area contributed by atoms with E-state index in [0.29, 0.717) is 11.1 Å². The SMILES string of the molecule is Cc1oc(C(=O)O)cc1COC1(C(F)(F)F)C=CC=C(c2ccccc2)C1. The maximum atomic E-state index is 13.9. The van der Waals surface area contributed by atoms with E-state index in [0.717, 1.165) is 6.08 Å². The first-order chi connectivity index (χ1) is 12.7. The van der Waals surface area contributed by atoms with Crippen molar-refractivity contribution in [1.82, 2.24) is 0 Å². The quantitative estimate of drug-likeness (QED) is 0.782. The van der Waals surface area contributed by atoms with Crippen molar-refractivity contribution in [2.45, 2.75) is 31.7 Å². The van der Waals surface area contributed by atoms with Crippen LogP contribution in [0.2, 0.25) is 0 Å². The summed E-state index contributed by atoms with van der Waals surface area (Å²) in [7, 11) is 0. The molecule has 0 saturated heterocycles. The number of furan rings is 1. The predicted octanol–water partition coefficient (Wildman–Crippen LogP) is 5.15. The Balaban J connectivity index is 1.86. The molecule has 2 aromatic rings. The zero-order valence-corrected chi connectivity index (χ0v) is 14.4. The minimum atomic E-state index is -4.65. The molecule has 1 aromatic heterocycles. The van der Waals surface area contributed by atoms with E-state index in [1.807, 2.05) is 0 Å². The fraction of sp³-hybridized carbons (Fsp3) is 0.250. The molecule has 1 aliphatic carbocycles. The molecule has 4 nitrogen and oxygen atoms in total. The average Bonchev–Trinajstić information content (AvgIpc) is 3.01. The summed E-state index contributed by atoms with van der Waals surface area (Å²) < 4.78 is 52.1. The van der Waals surface area contributed by atoms with Crippen LogP contribution in [0.25, 0.3) is 5.57 Å². The molecular formula is C20H17F3O4. The van der Waals surface area contributed by atoms with E-state index in [2.05, 4.69) is 0 Å². The number of halogens is 3. The van der Waals surface area contributed by atoms with Gasteiger partial charge in [-0.1, -0.05) is 42.5 Å². The van der Waals surface area contributed by atoms with Gasteiger partial charge in [0.05, 0.1) is 6.61 Å². The molecule has 0 fully saturated rings. The minimum Gasteiger partial charge on any atom is -0.475 e. The van der Waals surface area contributed by atoms with Crippen LogP contribution >= 0.6 is 0 Å². The number of ether oxygens (including phenoxy) is 1. The maximum absolute atomic E-state index is 13.9. The molecule has 142 valence electrons. The molecule has 1 aliphatic rings. The van der Waals surface area contributed by atoms with Crippen molar-refractivity contribution in [2.24, 2.45) is 0 Å². The van der Waals surface area contributed by atoms with Crippen LogP contribution in [0.3, 0.4) is 0 Å². The first-order valence-corrected chi connectivity index (χ1v) is 8.19. The van der Waals surface area contributed by atoms with Crippen LogP contribution in [0, 0.1) is 6.92 Å². The Hall–Kier alpha value is -2.80. The number of carbonyl (C=O) groups is 1. The third kappa shape index (κ3) is 3.83. The van der Waals surface area contributed by atoms with Gasteiger partial charge in [-0.25, -0.2) is 4.79 Å². The second-order valence-corrected chi connectivity index (χ2v) is 6.27. The normalized spacial score (nSPS) is 19.8. The second kappa shape index (κ2) is 7.08. The molecule has 0 spiro atoms. The van der Waals surface area contributed by atoms with Crippen LogP contribution < -0.4 is 0 Å². The van der Waals surface area contributed by atoms with Gasteiger partial charge < -0.3 is 14.3 Å². The standard InChI is InChI=1S/C20H17F3O4/c1-13-16(10-17(27-13)18(24)25)12-26-19(20(21,22)23)9-5-8-15(11-19)14-6-3-2-4-7-14/h2-10H,11-12H2,1H3,(H,24,25). The lowest BCUT2D eigenvalue weighted by Gasteiger charge is -2.35. The van der Waals surface area contributed by atoms with Crippen LogP contribution in [0.4, 0.5) is 13.2 Å². The Kier molecular flexibility index (Phi) is 4.97. The average molecular weight is 378 g/mol. The van der Waals surface area contributed by atoms with Crippen molar-refractivity contribution in [3.8, 4) is 0 Å². The monoisotopic (exact) mass is 378 g/mol. The Bertz CT molecular complexity index is 894. The molecule has 27 heavy (non-hydrogen) atoms. The highest BCUT2D eigenvalue weighted by Gasteiger charge is 2.55. The molecule has 0 amide bonds. The second-order valence-electron chi connectivity index (χ2n) is 6.27. The largest absolute Gasteiger partial charge is 0.475 e. The predicted molar refractivity (Wildman–Crippen MR) is 92.2 cm³/mol. The van der Waals surface area contributed by atoms with Crippen LogP contribution in [0.1, 0.15) is 33.9 Å². The van der Waals surface area contributed by atoms with Gasteiger partial charge in [-0.3, -0.25) is 0 Å². The van der Waals surface area contributed by atoms with E-state index in [-0.39, 0.29) is 23.5 Å². The molecule has 1 unspecified atom stereocenters. The van der Waals surface area contributed by atoms with E-state index < -0.39 is 24.4 Å². The number of carboxylic acids is 1. The van der Waals surface area contributed by atoms with Crippen molar-refractivity contribution in [2.75, 3.05) is 0 Å². The van der Waals surface area contributed by atoms with Gasteiger partial charge in [-0.2, -0.15) is 13.2 Å². The van der Waals surface area contributed by atoms with E-state index in [4.69, 9.17) is 14.3 Å². The fourth-order valence-electron chi connectivity index (χ4n) is 2.92. The molecule has 7 heteroatoms. The fourth-order valence-corrected chi connectivity index (χ4v) is 2.92. The molecular weight excluding hydrogens is 361 g/mol. The van der Waals surface area contributed by atoms with Gasteiger partial charge in [-0.05, 0) is 30.2 Å². The lowest BCUT2D eigenvalue weighted by molar-refractivity contribution is -0.259. The summed E-state index contributed by atoms with van der Waals surface area (Å²) in [5.74, 6) is -1.42. The van der Waals surface area contributed by atoms with E-state index in [1.54, 1.807) is 36.4 Å². The minimum absolute atomic E-state index is 0.211. The topological polar surface area (TPSA) is 59.7 Å². The van der Waals surface area contributed by atoms with Gasteiger partial charge in [0.15, 0.2) is 5.60 Å². The Morgan fingerprint density at radius 3 is 2.59 bits per heavy atom. The first kappa shape index (κ1) is 19.0. The van der Waals surface area contributed by atoms with E-state index >= 15 is 0 Å². The van der Waals surface area contributed by atoms with Crippen molar-refractivity contribution in [3.63, 3.8) is 0 Å². The van der Waals surface area contributed by atoms with Crippen molar-refractivity contribution >= 4 is 11.5 Å². The zero-order chi connectivity index (χ0) is 19.7. The third-order valence-corrected chi connectivity index (χ3v) is 4.46. The Labute approximate surface area is 153 Å². The molecule has 1 heterocycles. The van der Waals surface area contributed by atoms with Crippen molar-refractivity contribution in [1.29, 1.82) is 0 Å². The van der Waals surface area contributed by atoms with Crippen molar-refractivity contribution < 1.29 is 32.2 Å². The number of aryl methyl sites for hydroxylation is 1. The van der Waals surface area contributed by atoms with Crippen LogP contribution in [-0.4, -0.2) is 22.9 Å². The zero-order valence-electron chi connectivity index (χ0n) is 14.4. The maximum Gasteiger partial charge on any atom is 0.421 e. The molecule has 0 bridgehead atoms. The summed E-state index contributed by atoms with van der Waals surface area (Å²) in [6, 6.07) is 9.97. The van der Waals surface area contributed by atoms with Gasteiger partial charge in [0.2, 0.25) is 5.76 Å². The highest BCUT2D eigenvalue weighted by atomic mass is 19.4. The van der Waals surface area contributed by atoms with Gasteiger partial charge in [0.1, 0.15) is 5.76 Å². The summed E-state index contributed by atoms with van der Waals surface area (Å²) in [6.45, 7) is 1.06. The lowest BCUT2D eigenvalue weighted by atomic mass is 9.85. The first-order valence-electron chi connectivity index (χ1n) is 8.19. The highest BCUT2D eigenvalue weighted by Crippen LogP contribution is 2.44. The number of aromatic carboxylic acids is 1. The number of hydrogen-bond donors (Lipinski definition) is 1. The number of allylic oxidation sites excluding steroid dienone is 2. The van der Waals surface area contributed by atoms with Crippen molar-refractivity contribution in [3.05, 3.63) is 77.3 Å². The lowest BCUT2D eigenvalue weighted by Crippen LogP contribution is -2.46. The number of hydrogen-bond acceptors (Lipinski definition) is 3. The smallest absolute Gasteiger partial charge is 0.421 e. The summed E-state index contributed by atoms with van der Waals surface area (Å²) in [5.41, 5.74) is -1.04. The van der Waals surface area contributed by atoms with E-state index in [1.165, 1.54) is 19.1 Å². The Morgan fingerprint density at radius 1 is 1.30 bits per heavy atom. The number of alkyl halides is 3. The Morgan fingerprint density at radius 2 is 2.00 bits per heavy atom. The molecule has 3 rings (SSSR count). The molecule has 1 atom stereocenters. The number of carboxylic acid groups (broad SMARTS) is 1. The molecule has 1 N–H and O–H groups in total.